The van der Waals surface area contributed by atoms with E-state index in [9.17, 15) is 19.5 Å². The molecule has 202 valence electrons. The van der Waals surface area contributed by atoms with Gasteiger partial charge in [0.15, 0.2) is 0 Å². The van der Waals surface area contributed by atoms with Crippen LogP contribution in [0.5, 0.6) is 0 Å². The van der Waals surface area contributed by atoms with E-state index in [2.05, 4.69) is 0 Å². The van der Waals surface area contributed by atoms with Gasteiger partial charge in [0.1, 0.15) is 6.04 Å². The van der Waals surface area contributed by atoms with Crippen LogP contribution in [0.1, 0.15) is 22.7 Å². The molecule has 4 heterocycles. The SMILES string of the molecule is Cc1cccc(C)c1N1CC=C[C@]23S[C@H]4C=CCN(C)C(=O)[C@H]4[C@H]2C(=O)N([C@H](CO)c2ccccc2)C3C1=O. The van der Waals surface area contributed by atoms with Gasteiger partial charge in [-0.2, -0.15) is 0 Å². The molecule has 7 nitrogen and oxygen atoms in total. The van der Waals surface area contributed by atoms with E-state index in [-0.39, 0.29) is 29.6 Å². The number of aliphatic hydroxyl groups is 1. The fourth-order valence-corrected chi connectivity index (χ4v) is 8.99. The summed E-state index contributed by atoms with van der Waals surface area (Å²) in [5.41, 5.74) is 3.55. The molecule has 0 saturated carbocycles. The molecule has 6 atom stereocenters. The third kappa shape index (κ3) is 3.79. The molecular formula is C31H33N3O4S. The number of aliphatic hydroxyl groups excluding tert-OH is 1. The average Bonchev–Trinajstić information content (AvgIpc) is 3.25. The summed E-state index contributed by atoms with van der Waals surface area (Å²) in [5, 5.41) is 10.5. The fourth-order valence-electron chi connectivity index (χ4n) is 7.00. The van der Waals surface area contributed by atoms with Crippen LogP contribution in [0.3, 0.4) is 0 Å². The predicted octanol–water partition coefficient (Wildman–Crippen LogP) is 3.27. The number of aryl methyl sites for hydroxylation is 2. The Kier molecular flexibility index (Phi) is 6.43. The van der Waals surface area contributed by atoms with Crippen LogP contribution in [0.15, 0.2) is 72.8 Å². The quantitative estimate of drug-likeness (QED) is 0.599. The normalized spacial score (nSPS) is 30.7. The van der Waals surface area contributed by atoms with Crippen molar-refractivity contribution in [3.63, 3.8) is 0 Å². The van der Waals surface area contributed by atoms with Crippen LogP contribution in [-0.2, 0) is 14.4 Å². The summed E-state index contributed by atoms with van der Waals surface area (Å²) in [7, 11) is 1.76. The lowest BCUT2D eigenvalue weighted by molar-refractivity contribution is -0.144. The first-order valence-electron chi connectivity index (χ1n) is 13.4. The lowest BCUT2D eigenvalue weighted by Crippen LogP contribution is -2.54. The van der Waals surface area contributed by atoms with Gasteiger partial charge in [-0.25, -0.2) is 0 Å². The van der Waals surface area contributed by atoms with Gasteiger partial charge in [-0.15, -0.1) is 11.8 Å². The largest absolute Gasteiger partial charge is 0.394 e. The lowest BCUT2D eigenvalue weighted by Gasteiger charge is -2.39. The molecule has 0 aliphatic carbocycles. The maximum atomic E-state index is 14.8. The zero-order valence-electron chi connectivity index (χ0n) is 22.4. The summed E-state index contributed by atoms with van der Waals surface area (Å²) in [6, 6.07) is 13.7. The molecule has 0 bridgehead atoms. The molecule has 2 aromatic carbocycles. The van der Waals surface area contributed by atoms with E-state index in [0.717, 1.165) is 22.4 Å². The average molecular weight is 544 g/mol. The second kappa shape index (κ2) is 9.68. The number of fused-ring (bicyclic) bond motifs is 2. The van der Waals surface area contributed by atoms with Crippen molar-refractivity contribution >= 4 is 35.2 Å². The zero-order chi connectivity index (χ0) is 27.5. The van der Waals surface area contributed by atoms with E-state index >= 15 is 0 Å². The minimum Gasteiger partial charge on any atom is -0.394 e. The number of benzene rings is 2. The number of likely N-dealkylation sites (tertiary alicyclic amines) is 1. The summed E-state index contributed by atoms with van der Waals surface area (Å²) in [5.74, 6) is -1.81. The maximum Gasteiger partial charge on any atom is 0.251 e. The summed E-state index contributed by atoms with van der Waals surface area (Å²) < 4.78 is -0.935. The maximum absolute atomic E-state index is 14.8. The van der Waals surface area contributed by atoms with Crippen molar-refractivity contribution in [2.45, 2.75) is 35.9 Å². The van der Waals surface area contributed by atoms with Crippen molar-refractivity contribution < 1.29 is 19.5 Å². The van der Waals surface area contributed by atoms with Crippen molar-refractivity contribution in [3.8, 4) is 0 Å². The first-order valence-corrected chi connectivity index (χ1v) is 14.3. The molecule has 2 saturated heterocycles. The minimum atomic E-state index is -0.935. The van der Waals surface area contributed by atoms with Crippen LogP contribution in [0.4, 0.5) is 5.69 Å². The lowest BCUT2D eigenvalue weighted by atomic mass is 9.78. The van der Waals surface area contributed by atoms with Crippen LogP contribution in [0.2, 0.25) is 0 Å². The second-order valence-corrected chi connectivity index (χ2v) is 12.4. The molecule has 1 unspecified atom stereocenters. The minimum absolute atomic E-state index is 0.0784. The number of likely N-dealkylation sites (N-methyl/N-ethyl adjacent to an activating group) is 1. The number of carbonyl (C=O) groups is 3. The third-order valence-electron chi connectivity index (χ3n) is 8.70. The van der Waals surface area contributed by atoms with Gasteiger partial charge in [0.05, 0.1) is 29.2 Å². The summed E-state index contributed by atoms with van der Waals surface area (Å²) in [6.07, 6.45) is 8.02. The highest BCUT2D eigenvalue weighted by Gasteiger charge is 2.71. The smallest absolute Gasteiger partial charge is 0.251 e. The molecule has 1 N–H and O–H groups in total. The van der Waals surface area contributed by atoms with Crippen molar-refractivity contribution in [1.82, 2.24) is 9.80 Å². The van der Waals surface area contributed by atoms with Gasteiger partial charge >= 0.3 is 0 Å². The van der Waals surface area contributed by atoms with Gasteiger partial charge in [0, 0.05) is 31.1 Å². The van der Waals surface area contributed by atoms with E-state index in [1.165, 1.54) is 0 Å². The Morgan fingerprint density at radius 1 is 0.949 bits per heavy atom. The van der Waals surface area contributed by atoms with Crippen molar-refractivity contribution in [2.75, 3.05) is 31.6 Å². The number of anilines is 1. The molecule has 39 heavy (non-hydrogen) atoms. The molecule has 6 rings (SSSR count). The van der Waals surface area contributed by atoms with Gasteiger partial charge in [0.25, 0.3) is 5.91 Å². The Morgan fingerprint density at radius 2 is 1.67 bits per heavy atom. The van der Waals surface area contributed by atoms with Gasteiger partial charge < -0.3 is 19.8 Å². The highest BCUT2D eigenvalue weighted by Crippen LogP contribution is 2.62. The summed E-state index contributed by atoms with van der Waals surface area (Å²) in [6.45, 7) is 4.51. The van der Waals surface area contributed by atoms with E-state index in [1.54, 1.807) is 33.5 Å². The van der Waals surface area contributed by atoms with Crippen molar-refractivity contribution in [2.24, 2.45) is 11.8 Å². The van der Waals surface area contributed by atoms with E-state index in [0.29, 0.717) is 13.1 Å². The molecule has 0 aromatic heterocycles. The number of carbonyl (C=O) groups excluding carboxylic acids is 3. The Labute approximate surface area is 233 Å². The van der Waals surface area contributed by atoms with E-state index in [1.807, 2.05) is 86.7 Å². The first kappa shape index (κ1) is 25.9. The third-order valence-corrected chi connectivity index (χ3v) is 10.4. The highest BCUT2D eigenvalue weighted by molar-refractivity contribution is 8.02. The number of hydrogen-bond acceptors (Lipinski definition) is 5. The molecule has 3 amide bonds. The molecule has 8 heteroatoms. The molecule has 0 radical (unpaired) electrons. The molecule has 4 aliphatic rings. The molecule has 2 fully saturated rings. The van der Waals surface area contributed by atoms with Crippen molar-refractivity contribution in [1.29, 1.82) is 0 Å². The van der Waals surface area contributed by atoms with Gasteiger partial charge in [0.2, 0.25) is 11.8 Å². The standard InChI is InChI=1S/C31H33N3O4S/c1-19-10-7-11-20(2)26(19)33-17-9-15-31-25(24-23(39-31)14-8-16-32(3)28(24)36)29(37)34(27(31)30(33)38)22(18-35)21-12-5-4-6-13-21/h4-15,22-25,27,35H,16-18H2,1-3H3/t22-,23+,24-,25+,27?,31+/m1/s1. The van der Waals surface area contributed by atoms with Gasteiger partial charge in [-0.3, -0.25) is 14.4 Å². The number of rotatable bonds is 4. The second-order valence-electron chi connectivity index (χ2n) is 10.9. The number of amides is 3. The number of thioether (sulfide) groups is 1. The van der Waals surface area contributed by atoms with Crippen LogP contribution < -0.4 is 4.90 Å². The van der Waals surface area contributed by atoms with Crippen LogP contribution in [0, 0.1) is 25.7 Å². The number of para-hydroxylation sites is 1. The Morgan fingerprint density at radius 3 is 2.36 bits per heavy atom. The molecule has 4 aliphatic heterocycles. The number of hydrogen-bond donors (Lipinski definition) is 1. The zero-order valence-corrected chi connectivity index (χ0v) is 23.2. The summed E-state index contributed by atoms with van der Waals surface area (Å²) >= 11 is 1.56. The number of nitrogens with zero attached hydrogens (tertiary/aromatic N) is 3. The summed E-state index contributed by atoms with van der Waals surface area (Å²) in [4.78, 5) is 48.1. The monoisotopic (exact) mass is 543 g/mol. The van der Waals surface area contributed by atoms with Gasteiger partial charge in [-0.05, 0) is 30.5 Å². The Bertz CT molecular complexity index is 1370. The van der Waals surface area contributed by atoms with Crippen LogP contribution in [0.25, 0.3) is 0 Å². The molecule has 2 aromatic rings. The topological polar surface area (TPSA) is 81.2 Å². The molecule has 1 spiro atoms. The highest BCUT2D eigenvalue weighted by atomic mass is 32.2. The van der Waals surface area contributed by atoms with Crippen LogP contribution >= 0.6 is 11.8 Å². The Hall–Kier alpha value is -3.36. The predicted molar refractivity (Wildman–Crippen MR) is 152 cm³/mol. The molecular weight excluding hydrogens is 510 g/mol. The van der Waals surface area contributed by atoms with E-state index in [4.69, 9.17) is 0 Å². The fraction of sp³-hybridized carbons (Fsp3) is 0.387. The van der Waals surface area contributed by atoms with Gasteiger partial charge in [-0.1, -0.05) is 72.8 Å². The van der Waals surface area contributed by atoms with Crippen molar-refractivity contribution in [3.05, 3.63) is 89.5 Å². The first-order chi connectivity index (χ1) is 18.8. The van der Waals surface area contributed by atoms with Crippen LogP contribution in [-0.4, -0.2) is 75.4 Å². The Balaban J connectivity index is 1.54. The van der Waals surface area contributed by atoms with E-state index < -0.39 is 28.7 Å².